The number of alkyl halides is 3. The average Bonchev–Trinajstić information content (AvgIpc) is 2.79. The minimum Gasteiger partial charge on any atom is -0.504 e. The number of halogens is 3. The predicted molar refractivity (Wildman–Crippen MR) is 121 cm³/mol. The van der Waals surface area contributed by atoms with Gasteiger partial charge in [0.1, 0.15) is 0 Å². The van der Waals surface area contributed by atoms with Crippen molar-refractivity contribution in [3.63, 3.8) is 0 Å². The van der Waals surface area contributed by atoms with Crippen molar-refractivity contribution in [2.75, 3.05) is 20.7 Å². The van der Waals surface area contributed by atoms with Crippen molar-refractivity contribution in [1.29, 1.82) is 0 Å². The van der Waals surface area contributed by atoms with E-state index in [0.717, 1.165) is 17.7 Å². The normalized spacial score (nSPS) is 28.7. The van der Waals surface area contributed by atoms with Crippen LogP contribution < -0.4 is 0 Å². The van der Waals surface area contributed by atoms with Crippen LogP contribution in [0.5, 0.6) is 11.5 Å². The van der Waals surface area contributed by atoms with Gasteiger partial charge in [-0.2, -0.15) is 13.2 Å². The second-order valence-corrected chi connectivity index (χ2v) is 10.4. The molecule has 34 heavy (non-hydrogen) atoms. The Bertz CT molecular complexity index is 1180. The Morgan fingerprint density at radius 3 is 2.50 bits per heavy atom. The summed E-state index contributed by atoms with van der Waals surface area (Å²) in [6, 6.07) is 8.14. The molecule has 0 saturated carbocycles. The van der Waals surface area contributed by atoms with Gasteiger partial charge < -0.3 is 19.8 Å². The Balaban J connectivity index is 1.67. The van der Waals surface area contributed by atoms with Crippen LogP contribution in [0.25, 0.3) is 0 Å². The summed E-state index contributed by atoms with van der Waals surface area (Å²) in [4.78, 5) is 15.8. The molecule has 1 heterocycles. The van der Waals surface area contributed by atoms with Gasteiger partial charge in [-0.3, -0.25) is 4.79 Å². The van der Waals surface area contributed by atoms with Crippen molar-refractivity contribution < 1.29 is 32.9 Å². The molecule has 0 spiro atoms. The number of hydrogen-bond acceptors (Lipinski definition) is 6. The second kappa shape index (κ2) is 7.95. The van der Waals surface area contributed by atoms with Gasteiger partial charge in [0.05, 0.1) is 17.9 Å². The van der Waals surface area contributed by atoms with Crippen LogP contribution >= 0.6 is 11.8 Å². The Hall–Kier alpha value is -2.65. The number of phenolic OH excluding ortho intramolecular Hbond substituents is 2. The SMILES string of the molecule is COC1=C[C@@H]2[C@@H]3[C@H](Sc4ccc(C(F)(F)F)cc4)c4ccc(O)c(O)c4[C@]2(CCN3C)CC1=O. The Morgan fingerprint density at radius 2 is 1.85 bits per heavy atom. The molecule has 180 valence electrons. The number of thioether (sulfide) groups is 1. The molecule has 1 saturated heterocycles. The number of piperidine rings is 1. The Labute approximate surface area is 199 Å². The molecule has 9 heteroatoms. The zero-order valence-corrected chi connectivity index (χ0v) is 19.4. The van der Waals surface area contributed by atoms with E-state index >= 15 is 0 Å². The fraction of sp³-hybridized carbons (Fsp3) is 0.400. The molecule has 5 nitrogen and oxygen atoms in total. The number of benzene rings is 2. The minimum atomic E-state index is -4.41. The number of Topliss-reactive ketones (excluding diaryl/α,β-unsaturated/α-hetero) is 1. The van der Waals surface area contributed by atoms with Gasteiger partial charge in [-0.15, -0.1) is 11.8 Å². The number of hydrogen-bond donors (Lipinski definition) is 2. The number of carbonyl (C=O) groups excluding carboxylic acids is 1. The fourth-order valence-electron chi connectivity index (χ4n) is 5.91. The van der Waals surface area contributed by atoms with E-state index in [4.69, 9.17) is 4.74 Å². The number of ether oxygens (including phenoxy) is 1. The van der Waals surface area contributed by atoms with Gasteiger partial charge in [-0.1, -0.05) is 6.07 Å². The molecule has 2 bridgehead atoms. The van der Waals surface area contributed by atoms with Crippen LogP contribution in [0.15, 0.2) is 53.1 Å². The summed E-state index contributed by atoms with van der Waals surface area (Å²) >= 11 is 1.42. The first-order chi connectivity index (χ1) is 16.1. The van der Waals surface area contributed by atoms with Crippen LogP contribution in [-0.2, 0) is 21.1 Å². The van der Waals surface area contributed by atoms with Gasteiger partial charge in [0.25, 0.3) is 0 Å². The van der Waals surface area contributed by atoms with Gasteiger partial charge in [0, 0.05) is 34.3 Å². The van der Waals surface area contributed by atoms with Gasteiger partial charge >= 0.3 is 6.18 Å². The first-order valence-corrected chi connectivity index (χ1v) is 11.8. The number of likely N-dealkylation sites (N-methyl/N-ethyl adjacent to an activating group) is 1. The zero-order chi connectivity index (χ0) is 24.4. The maximum Gasteiger partial charge on any atom is 0.416 e. The first kappa shape index (κ1) is 23.1. The first-order valence-electron chi connectivity index (χ1n) is 11.0. The summed E-state index contributed by atoms with van der Waals surface area (Å²) in [7, 11) is 3.45. The molecule has 0 unspecified atom stereocenters. The summed E-state index contributed by atoms with van der Waals surface area (Å²) in [5.41, 5.74) is -0.0529. The highest BCUT2D eigenvalue weighted by Gasteiger charge is 2.59. The van der Waals surface area contributed by atoms with E-state index < -0.39 is 17.2 Å². The smallest absolute Gasteiger partial charge is 0.416 e. The number of fused-ring (bicyclic) bond motifs is 1. The molecule has 0 radical (unpaired) electrons. The number of aromatic hydroxyl groups is 2. The fourth-order valence-corrected chi connectivity index (χ4v) is 7.34. The van der Waals surface area contributed by atoms with Crippen LogP contribution in [0.4, 0.5) is 13.2 Å². The lowest BCUT2D eigenvalue weighted by molar-refractivity contribution is -0.137. The summed E-state index contributed by atoms with van der Waals surface area (Å²) in [6.45, 7) is 0.670. The van der Waals surface area contributed by atoms with Crippen molar-refractivity contribution in [1.82, 2.24) is 4.90 Å². The third-order valence-electron chi connectivity index (χ3n) is 7.48. The molecule has 2 N–H and O–H groups in total. The molecule has 4 atom stereocenters. The number of ketones is 1. The Kier molecular flexibility index (Phi) is 5.40. The number of allylic oxidation sites excluding steroid dienone is 1. The van der Waals surface area contributed by atoms with E-state index in [1.165, 1.54) is 37.1 Å². The lowest BCUT2D eigenvalue weighted by Crippen LogP contribution is -2.61. The molecule has 1 aliphatic heterocycles. The van der Waals surface area contributed by atoms with Crippen molar-refractivity contribution in [2.45, 2.75) is 40.6 Å². The lowest BCUT2D eigenvalue weighted by atomic mass is 9.53. The zero-order valence-electron chi connectivity index (χ0n) is 18.6. The number of carbonyl (C=O) groups is 1. The number of methoxy groups -OCH3 is 1. The van der Waals surface area contributed by atoms with E-state index in [1.54, 1.807) is 6.07 Å². The number of phenols is 2. The van der Waals surface area contributed by atoms with E-state index in [9.17, 15) is 28.2 Å². The molecule has 0 aromatic heterocycles. The molecule has 0 amide bonds. The van der Waals surface area contributed by atoms with Gasteiger partial charge in [0.15, 0.2) is 23.0 Å². The van der Waals surface area contributed by atoms with Gasteiger partial charge in [-0.25, -0.2) is 0 Å². The number of rotatable bonds is 3. The summed E-state index contributed by atoms with van der Waals surface area (Å²) in [6.07, 6.45) is -1.81. The summed E-state index contributed by atoms with van der Waals surface area (Å²) in [5, 5.41) is 21.1. The van der Waals surface area contributed by atoms with Crippen molar-refractivity contribution in [3.05, 3.63) is 64.9 Å². The largest absolute Gasteiger partial charge is 0.504 e. The molecular formula is C25H24F3NO4S. The molecular weight excluding hydrogens is 467 g/mol. The molecule has 1 fully saturated rings. The molecule has 5 rings (SSSR count). The van der Waals surface area contributed by atoms with Crippen molar-refractivity contribution >= 4 is 17.5 Å². The van der Waals surface area contributed by atoms with E-state index in [1.807, 2.05) is 13.1 Å². The maximum atomic E-state index is 13.1. The molecule has 3 aliphatic rings. The van der Waals surface area contributed by atoms with E-state index in [0.29, 0.717) is 23.4 Å². The van der Waals surface area contributed by atoms with Gasteiger partial charge in [0.2, 0.25) is 0 Å². The molecule has 2 aromatic carbocycles. The Morgan fingerprint density at radius 1 is 1.15 bits per heavy atom. The van der Waals surface area contributed by atoms with E-state index in [2.05, 4.69) is 4.90 Å². The van der Waals surface area contributed by atoms with Crippen LogP contribution in [0.2, 0.25) is 0 Å². The number of nitrogens with zero attached hydrogens (tertiary/aromatic N) is 1. The van der Waals surface area contributed by atoms with Crippen LogP contribution in [-0.4, -0.2) is 47.6 Å². The topological polar surface area (TPSA) is 70.0 Å². The summed E-state index contributed by atoms with van der Waals surface area (Å²) in [5.74, 6) is -0.542. The minimum absolute atomic E-state index is 0.101. The third-order valence-corrected chi connectivity index (χ3v) is 8.81. The van der Waals surface area contributed by atoms with Crippen LogP contribution in [0, 0.1) is 5.92 Å². The van der Waals surface area contributed by atoms with Crippen LogP contribution in [0.3, 0.4) is 0 Å². The molecule has 2 aliphatic carbocycles. The van der Waals surface area contributed by atoms with E-state index in [-0.39, 0.29) is 46.7 Å². The van der Waals surface area contributed by atoms with Gasteiger partial charge in [-0.05, 0) is 62.0 Å². The lowest BCUT2D eigenvalue weighted by Gasteiger charge is -2.58. The third kappa shape index (κ3) is 3.40. The summed E-state index contributed by atoms with van der Waals surface area (Å²) < 4.78 is 44.5. The maximum absolute atomic E-state index is 13.1. The average molecular weight is 492 g/mol. The molecule has 2 aromatic rings. The van der Waals surface area contributed by atoms with Crippen molar-refractivity contribution in [3.8, 4) is 11.5 Å². The number of likely N-dealkylation sites (tertiary alicyclic amines) is 1. The monoisotopic (exact) mass is 491 g/mol. The highest BCUT2D eigenvalue weighted by molar-refractivity contribution is 7.99. The highest BCUT2D eigenvalue weighted by Crippen LogP contribution is 2.63. The predicted octanol–water partition coefficient (Wildman–Crippen LogP) is 5.02. The second-order valence-electron chi connectivity index (χ2n) is 9.20. The quantitative estimate of drug-likeness (QED) is 0.588. The standard InChI is InChI=1S/C25H24F3NO4S/c1-29-10-9-24-12-18(31)19(33-2)11-16(24)21(29)23(15-7-8-17(30)22(32)20(15)24)34-14-5-3-13(4-6-14)25(26,27)28/h3-8,11,16,21,23,30,32H,9-10,12H2,1-2H3/t16-,21-,23-,24-/m1/s1. The highest BCUT2D eigenvalue weighted by atomic mass is 32.2. The van der Waals surface area contributed by atoms with Crippen molar-refractivity contribution in [2.24, 2.45) is 5.92 Å². The van der Waals surface area contributed by atoms with Crippen LogP contribution in [0.1, 0.15) is 34.8 Å².